The first-order chi connectivity index (χ1) is 9.13. The Morgan fingerprint density at radius 3 is 3.11 bits per heavy atom. The first-order valence-electron chi connectivity index (χ1n) is 5.47. The quantitative estimate of drug-likeness (QED) is 0.722. The molecular formula is C9H13N7OS2. The van der Waals surface area contributed by atoms with E-state index in [1.807, 2.05) is 6.92 Å². The van der Waals surface area contributed by atoms with Crippen molar-refractivity contribution >= 4 is 34.1 Å². The van der Waals surface area contributed by atoms with Gasteiger partial charge < -0.3 is 11.1 Å². The first-order valence-corrected chi connectivity index (χ1v) is 7.27. The Balaban J connectivity index is 1.71. The second kappa shape index (κ2) is 6.48. The van der Waals surface area contributed by atoms with Gasteiger partial charge in [0, 0.05) is 6.04 Å². The van der Waals surface area contributed by atoms with Gasteiger partial charge in [-0.3, -0.25) is 9.48 Å². The summed E-state index contributed by atoms with van der Waals surface area (Å²) in [6.45, 7) is 2.50. The van der Waals surface area contributed by atoms with E-state index in [4.69, 9.17) is 5.73 Å². The second-order valence-corrected chi connectivity index (χ2v) is 6.01. The Morgan fingerprint density at radius 1 is 1.63 bits per heavy atom. The molecular weight excluding hydrogens is 286 g/mol. The number of nitrogen functional groups attached to an aromatic ring is 1. The van der Waals surface area contributed by atoms with E-state index in [9.17, 15) is 4.79 Å². The third-order valence-electron chi connectivity index (χ3n) is 2.08. The average molecular weight is 299 g/mol. The molecule has 102 valence electrons. The van der Waals surface area contributed by atoms with Crippen LogP contribution in [0.2, 0.25) is 0 Å². The van der Waals surface area contributed by atoms with Gasteiger partial charge in [-0.25, -0.2) is 4.98 Å². The van der Waals surface area contributed by atoms with Gasteiger partial charge in [-0.1, -0.05) is 23.1 Å². The molecule has 2 rings (SSSR count). The minimum atomic E-state index is -0.0635. The van der Waals surface area contributed by atoms with Gasteiger partial charge in [0.2, 0.25) is 11.0 Å². The van der Waals surface area contributed by atoms with Crippen LogP contribution in [0.1, 0.15) is 6.92 Å². The number of hydrogen-bond acceptors (Lipinski definition) is 8. The van der Waals surface area contributed by atoms with Gasteiger partial charge in [-0.2, -0.15) is 5.10 Å². The minimum Gasteiger partial charge on any atom is -0.374 e. The Morgan fingerprint density at radius 2 is 2.47 bits per heavy atom. The van der Waals surface area contributed by atoms with Gasteiger partial charge in [0.05, 0.1) is 12.3 Å². The van der Waals surface area contributed by atoms with Gasteiger partial charge in [-0.15, -0.1) is 10.2 Å². The maximum atomic E-state index is 11.7. The van der Waals surface area contributed by atoms with E-state index < -0.39 is 0 Å². The third-order valence-corrected chi connectivity index (χ3v) is 3.97. The van der Waals surface area contributed by atoms with Crippen molar-refractivity contribution in [2.24, 2.45) is 0 Å². The van der Waals surface area contributed by atoms with E-state index >= 15 is 0 Å². The fraction of sp³-hybridized carbons (Fsp3) is 0.444. The lowest BCUT2D eigenvalue weighted by Crippen LogP contribution is -2.36. The zero-order valence-corrected chi connectivity index (χ0v) is 11.8. The monoisotopic (exact) mass is 299 g/mol. The van der Waals surface area contributed by atoms with E-state index in [0.29, 0.717) is 16.0 Å². The average Bonchev–Trinajstić information content (AvgIpc) is 2.98. The van der Waals surface area contributed by atoms with Crippen LogP contribution >= 0.6 is 23.1 Å². The zero-order valence-electron chi connectivity index (χ0n) is 10.2. The summed E-state index contributed by atoms with van der Waals surface area (Å²) in [6.07, 6.45) is 3.08. The predicted molar refractivity (Wildman–Crippen MR) is 72.7 cm³/mol. The van der Waals surface area contributed by atoms with Crippen molar-refractivity contribution < 1.29 is 4.79 Å². The summed E-state index contributed by atoms with van der Waals surface area (Å²) in [6, 6.07) is -0.0192. The molecule has 10 heteroatoms. The molecule has 3 N–H and O–H groups in total. The third kappa shape index (κ3) is 4.48. The van der Waals surface area contributed by atoms with Crippen LogP contribution in [0, 0.1) is 0 Å². The molecule has 0 aliphatic heterocycles. The molecule has 2 aromatic rings. The largest absolute Gasteiger partial charge is 0.374 e. The maximum Gasteiger partial charge on any atom is 0.230 e. The Labute approximate surface area is 117 Å². The number of nitrogens with one attached hydrogen (secondary N) is 1. The molecule has 1 unspecified atom stereocenters. The second-order valence-electron chi connectivity index (χ2n) is 3.78. The zero-order chi connectivity index (χ0) is 13.7. The van der Waals surface area contributed by atoms with E-state index in [-0.39, 0.29) is 17.7 Å². The highest BCUT2D eigenvalue weighted by Gasteiger charge is 2.10. The molecule has 0 spiro atoms. The topological polar surface area (TPSA) is 112 Å². The SMILES string of the molecule is CC(Cn1cncn1)NC(=O)CSc1nnc(N)s1. The predicted octanol–water partition coefficient (Wildman–Crippen LogP) is 0.00880. The van der Waals surface area contributed by atoms with E-state index in [1.165, 1.54) is 29.4 Å². The number of thioether (sulfide) groups is 1. The van der Waals surface area contributed by atoms with Crippen LogP contribution in [-0.2, 0) is 11.3 Å². The van der Waals surface area contributed by atoms with Gasteiger partial charge >= 0.3 is 0 Å². The number of aromatic nitrogens is 5. The first kappa shape index (κ1) is 13.7. The molecule has 0 aliphatic rings. The van der Waals surface area contributed by atoms with Crippen LogP contribution in [0.15, 0.2) is 17.0 Å². The number of nitrogens with zero attached hydrogens (tertiary/aromatic N) is 5. The molecule has 0 radical (unpaired) electrons. The standard InChI is InChI=1S/C9H13N7OS2/c1-6(2-16-5-11-4-12-16)13-7(17)3-18-9-15-14-8(10)19-9/h4-6H,2-3H2,1H3,(H2,10,14)(H,13,17). The molecule has 2 aromatic heterocycles. The van der Waals surface area contributed by atoms with Gasteiger partial charge in [0.1, 0.15) is 12.7 Å². The molecule has 0 saturated heterocycles. The van der Waals surface area contributed by atoms with Crippen molar-refractivity contribution in [3.63, 3.8) is 0 Å². The lowest BCUT2D eigenvalue weighted by Gasteiger charge is -2.12. The number of nitrogens with two attached hydrogens (primary N) is 1. The van der Waals surface area contributed by atoms with Crippen molar-refractivity contribution in [2.75, 3.05) is 11.5 Å². The molecule has 0 bridgehead atoms. The molecule has 8 nitrogen and oxygen atoms in total. The molecule has 1 atom stereocenters. The molecule has 2 heterocycles. The summed E-state index contributed by atoms with van der Waals surface area (Å²) < 4.78 is 2.36. The van der Waals surface area contributed by atoms with E-state index in [0.717, 1.165) is 0 Å². The Bertz CT molecular complexity index is 526. The van der Waals surface area contributed by atoms with Gasteiger partial charge in [-0.05, 0) is 6.92 Å². The summed E-state index contributed by atoms with van der Waals surface area (Å²) >= 11 is 2.59. The van der Waals surface area contributed by atoms with Gasteiger partial charge in [0.15, 0.2) is 4.34 Å². The van der Waals surface area contributed by atoms with Crippen molar-refractivity contribution in [2.45, 2.75) is 23.8 Å². The highest BCUT2D eigenvalue weighted by Crippen LogP contribution is 2.22. The molecule has 0 fully saturated rings. The number of anilines is 1. The normalized spacial score (nSPS) is 12.3. The van der Waals surface area contributed by atoms with Crippen LogP contribution in [0.25, 0.3) is 0 Å². The lowest BCUT2D eigenvalue weighted by molar-refractivity contribution is -0.119. The smallest absolute Gasteiger partial charge is 0.230 e. The van der Waals surface area contributed by atoms with Crippen molar-refractivity contribution in [3.05, 3.63) is 12.7 Å². The Kier molecular flexibility index (Phi) is 4.68. The number of amides is 1. The highest BCUT2D eigenvalue weighted by atomic mass is 32.2. The van der Waals surface area contributed by atoms with Crippen LogP contribution in [0.4, 0.5) is 5.13 Å². The lowest BCUT2D eigenvalue weighted by atomic mass is 10.3. The van der Waals surface area contributed by atoms with Crippen molar-refractivity contribution in [1.29, 1.82) is 0 Å². The summed E-state index contributed by atoms with van der Waals surface area (Å²) in [5, 5.41) is 14.8. The number of carbonyl (C=O) groups is 1. The highest BCUT2D eigenvalue weighted by molar-refractivity contribution is 8.01. The molecule has 1 amide bonds. The van der Waals surface area contributed by atoms with Crippen LogP contribution in [-0.4, -0.2) is 42.7 Å². The summed E-state index contributed by atoms with van der Waals surface area (Å²) in [5.41, 5.74) is 5.46. The summed E-state index contributed by atoms with van der Waals surface area (Å²) in [5.74, 6) is 0.224. The minimum absolute atomic E-state index is 0.0192. The van der Waals surface area contributed by atoms with E-state index in [2.05, 4.69) is 25.6 Å². The van der Waals surface area contributed by atoms with Crippen molar-refractivity contribution in [3.8, 4) is 0 Å². The summed E-state index contributed by atoms with van der Waals surface area (Å²) in [7, 11) is 0. The number of hydrogen-bond donors (Lipinski definition) is 2. The number of rotatable bonds is 6. The van der Waals surface area contributed by atoms with Crippen LogP contribution in [0.5, 0.6) is 0 Å². The molecule has 0 saturated carbocycles. The maximum absolute atomic E-state index is 11.7. The molecule has 0 aromatic carbocycles. The van der Waals surface area contributed by atoms with Crippen LogP contribution < -0.4 is 11.1 Å². The van der Waals surface area contributed by atoms with Crippen molar-refractivity contribution in [1.82, 2.24) is 30.3 Å². The molecule has 0 aliphatic carbocycles. The van der Waals surface area contributed by atoms with E-state index in [1.54, 1.807) is 11.0 Å². The Hall–Kier alpha value is -1.68. The fourth-order valence-corrected chi connectivity index (χ4v) is 2.82. The van der Waals surface area contributed by atoms with Crippen LogP contribution in [0.3, 0.4) is 0 Å². The molecule has 19 heavy (non-hydrogen) atoms. The number of carbonyl (C=O) groups excluding carboxylic acids is 1. The van der Waals surface area contributed by atoms with Gasteiger partial charge in [0.25, 0.3) is 0 Å². The summed E-state index contributed by atoms with van der Waals surface area (Å²) in [4.78, 5) is 15.6. The fourth-order valence-electron chi connectivity index (χ4n) is 1.38.